The average Bonchev–Trinajstić information content (AvgIpc) is 2.75. The van der Waals surface area contributed by atoms with Crippen LogP contribution in [0.3, 0.4) is 0 Å². The molecule has 0 N–H and O–H groups in total. The van der Waals surface area contributed by atoms with Crippen LogP contribution >= 0.6 is 27.5 Å². The van der Waals surface area contributed by atoms with Crippen molar-refractivity contribution in [2.24, 2.45) is 0 Å². The first kappa shape index (κ1) is 26.1. The van der Waals surface area contributed by atoms with E-state index in [1.165, 1.54) is 37.4 Å². The maximum Gasteiger partial charge on any atom is 0.282 e. The number of hydrogen-bond donors (Lipinski definition) is 0. The molecule has 0 aliphatic rings. The Morgan fingerprint density at radius 3 is 2.19 bits per heavy atom. The van der Waals surface area contributed by atoms with Crippen molar-refractivity contribution >= 4 is 35.8 Å². The maximum absolute atomic E-state index is 15.7. The van der Waals surface area contributed by atoms with Gasteiger partial charge >= 0.3 is 0 Å². The number of hydrogen-bond acceptors (Lipinski definition) is 4. The molecule has 1 aromatic heterocycles. The monoisotopic (exact) mass is 538 g/mol. The van der Waals surface area contributed by atoms with Gasteiger partial charge in [-0.1, -0.05) is 44.5 Å². The van der Waals surface area contributed by atoms with Crippen LogP contribution in [0.4, 0.5) is 13.2 Å². The molecular formula is C21H27BrClF3N2O2Si. The van der Waals surface area contributed by atoms with Crippen LogP contribution in [0.5, 0.6) is 5.88 Å². The molecular weight excluding hydrogens is 513 g/mol. The molecule has 1 unspecified atom stereocenters. The molecule has 0 radical (unpaired) electrons. The molecule has 10 heteroatoms. The van der Waals surface area contributed by atoms with Crippen LogP contribution < -0.4 is 4.74 Å². The smallest absolute Gasteiger partial charge is 0.282 e. The summed E-state index contributed by atoms with van der Waals surface area (Å²) in [6.45, 7) is 7.00. The predicted octanol–water partition coefficient (Wildman–Crippen LogP) is 7.37. The van der Waals surface area contributed by atoms with Crippen molar-refractivity contribution in [3.05, 3.63) is 51.6 Å². The van der Waals surface area contributed by atoms with E-state index in [2.05, 4.69) is 25.9 Å². The predicted molar refractivity (Wildman–Crippen MR) is 122 cm³/mol. The topological polar surface area (TPSA) is 44.2 Å². The van der Waals surface area contributed by atoms with Crippen LogP contribution in [0.15, 0.2) is 35.1 Å². The summed E-state index contributed by atoms with van der Waals surface area (Å²) in [6.07, 6.45) is 0.647. The average molecular weight is 540 g/mol. The molecule has 0 aliphatic carbocycles. The molecule has 31 heavy (non-hydrogen) atoms. The summed E-state index contributed by atoms with van der Waals surface area (Å²) in [6, 6.07) is 7.21. The summed E-state index contributed by atoms with van der Waals surface area (Å²) in [5, 5.41) is 0.148. The van der Waals surface area contributed by atoms with Gasteiger partial charge in [-0.05, 0) is 58.7 Å². The molecule has 1 atom stereocenters. The Kier molecular flexibility index (Phi) is 8.95. The minimum Gasteiger partial charge on any atom is -0.476 e. The Hall–Kier alpha value is -1.16. The fourth-order valence-electron chi connectivity index (χ4n) is 3.44. The molecule has 1 heterocycles. The summed E-state index contributed by atoms with van der Waals surface area (Å²) in [5.41, 5.74) is -1.69. The number of benzene rings is 1. The molecule has 0 saturated carbocycles. The van der Waals surface area contributed by atoms with Gasteiger partial charge in [-0.2, -0.15) is 0 Å². The van der Waals surface area contributed by atoms with E-state index in [-0.39, 0.29) is 27.8 Å². The van der Waals surface area contributed by atoms with Crippen molar-refractivity contribution in [1.29, 1.82) is 0 Å². The molecule has 0 fully saturated rings. The van der Waals surface area contributed by atoms with Crippen LogP contribution in [0.2, 0.25) is 23.3 Å². The van der Waals surface area contributed by atoms with Gasteiger partial charge < -0.3 is 9.16 Å². The minimum atomic E-state index is -3.29. The Balaban J connectivity index is 2.31. The summed E-state index contributed by atoms with van der Waals surface area (Å²) in [5.74, 6) is -3.70. The zero-order valence-corrected chi connectivity index (χ0v) is 21.4. The molecule has 0 amide bonds. The molecule has 1 aromatic carbocycles. The fraction of sp³-hybridized carbons (Fsp3) is 0.524. The van der Waals surface area contributed by atoms with Gasteiger partial charge in [-0.3, -0.25) is 0 Å². The minimum absolute atomic E-state index is 0.0795. The summed E-state index contributed by atoms with van der Waals surface area (Å²) in [7, 11) is -2.43. The van der Waals surface area contributed by atoms with Gasteiger partial charge in [0.05, 0.1) is 12.8 Å². The van der Waals surface area contributed by atoms with Crippen molar-refractivity contribution < 1.29 is 22.3 Å². The van der Waals surface area contributed by atoms with Crippen LogP contribution in [0, 0.1) is 5.82 Å². The van der Waals surface area contributed by atoms with E-state index in [1.54, 1.807) is 0 Å². The third-order valence-corrected chi connectivity index (χ3v) is 11.5. The van der Waals surface area contributed by atoms with Gasteiger partial charge in [-0.25, -0.2) is 23.1 Å². The van der Waals surface area contributed by atoms with Crippen molar-refractivity contribution in [2.75, 3.05) is 6.61 Å². The van der Waals surface area contributed by atoms with E-state index >= 15 is 8.78 Å². The third kappa shape index (κ3) is 6.00. The summed E-state index contributed by atoms with van der Waals surface area (Å²) >= 11 is 8.92. The van der Waals surface area contributed by atoms with Crippen molar-refractivity contribution in [3.8, 4) is 5.88 Å². The third-order valence-electron chi connectivity index (χ3n) is 5.78. The molecule has 172 valence electrons. The standard InChI is InChI=1S/C21H27BrClF3N2O2Si/c1-5-31(6-2,7-3)30-20(4,15-8-10-16(24)11-9-15)21(25,26)12-13-29-17-14-27-19(23)18(22)28-17/h8-11,14H,5-7,12-13H2,1-4H3. The number of nitrogens with zero attached hydrogens (tertiary/aromatic N) is 2. The number of rotatable bonds is 11. The lowest BCUT2D eigenvalue weighted by Gasteiger charge is -2.45. The molecule has 0 bridgehead atoms. The summed E-state index contributed by atoms with van der Waals surface area (Å²) < 4.78 is 56.9. The maximum atomic E-state index is 15.7. The van der Waals surface area contributed by atoms with E-state index in [0.29, 0.717) is 18.1 Å². The Morgan fingerprint density at radius 1 is 1.10 bits per heavy atom. The zero-order valence-electron chi connectivity index (χ0n) is 18.0. The second-order valence-electron chi connectivity index (χ2n) is 7.48. The SMILES string of the molecule is CC[Si](CC)(CC)OC(C)(c1ccc(F)cc1)C(F)(F)CCOc1cnc(Cl)c(Br)n1. The highest BCUT2D eigenvalue weighted by Crippen LogP contribution is 2.46. The van der Waals surface area contributed by atoms with E-state index < -0.39 is 32.1 Å². The lowest BCUT2D eigenvalue weighted by molar-refractivity contribution is -0.175. The number of aromatic nitrogens is 2. The largest absolute Gasteiger partial charge is 0.476 e. The first-order valence-electron chi connectivity index (χ1n) is 10.2. The zero-order chi connectivity index (χ0) is 23.3. The van der Waals surface area contributed by atoms with Crippen LogP contribution in [-0.4, -0.2) is 30.8 Å². The number of ether oxygens (including phenoxy) is 1. The van der Waals surface area contributed by atoms with Crippen LogP contribution in [0.25, 0.3) is 0 Å². The molecule has 0 aliphatic heterocycles. The van der Waals surface area contributed by atoms with Crippen LogP contribution in [0.1, 0.15) is 39.7 Å². The fourth-order valence-corrected chi connectivity index (χ4v) is 6.88. The van der Waals surface area contributed by atoms with Gasteiger partial charge in [-0.15, -0.1) is 0 Å². The highest BCUT2D eigenvalue weighted by molar-refractivity contribution is 9.10. The van der Waals surface area contributed by atoms with E-state index in [9.17, 15) is 4.39 Å². The van der Waals surface area contributed by atoms with E-state index in [0.717, 1.165) is 0 Å². The molecule has 2 aromatic rings. The van der Waals surface area contributed by atoms with E-state index in [1.807, 2.05) is 20.8 Å². The Morgan fingerprint density at radius 2 is 1.68 bits per heavy atom. The Labute approximate surface area is 195 Å². The molecule has 2 rings (SSSR count). The van der Waals surface area contributed by atoms with Gasteiger partial charge in [0, 0.05) is 6.42 Å². The van der Waals surface area contributed by atoms with Gasteiger partial charge in [0.25, 0.3) is 5.92 Å². The van der Waals surface area contributed by atoms with Gasteiger partial charge in [0.2, 0.25) is 5.88 Å². The quantitative estimate of drug-likeness (QED) is 0.280. The molecule has 4 nitrogen and oxygen atoms in total. The lowest BCUT2D eigenvalue weighted by Crippen LogP contribution is -2.53. The van der Waals surface area contributed by atoms with Crippen molar-refractivity contribution in [2.45, 2.75) is 63.8 Å². The first-order valence-corrected chi connectivity index (χ1v) is 13.9. The van der Waals surface area contributed by atoms with Gasteiger partial charge in [0.15, 0.2) is 13.5 Å². The van der Waals surface area contributed by atoms with E-state index in [4.69, 9.17) is 20.8 Å². The molecule has 0 spiro atoms. The van der Waals surface area contributed by atoms with Crippen molar-refractivity contribution in [3.63, 3.8) is 0 Å². The highest BCUT2D eigenvalue weighted by atomic mass is 79.9. The highest BCUT2D eigenvalue weighted by Gasteiger charge is 2.55. The second kappa shape index (κ2) is 10.6. The van der Waals surface area contributed by atoms with Crippen molar-refractivity contribution in [1.82, 2.24) is 9.97 Å². The van der Waals surface area contributed by atoms with Crippen LogP contribution in [-0.2, 0) is 10.0 Å². The first-order chi connectivity index (χ1) is 14.5. The summed E-state index contributed by atoms with van der Waals surface area (Å²) in [4.78, 5) is 7.88. The molecule has 0 saturated heterocycles. The number of alkyl halides is 2. The Bertz CT molecular complexity index is 864. The lowest BCUT2D eigenvalue weighted by atomic mass is 9.87. The second-order valence-corrected chi connectivity index (χ2v) is 13.3. The number of halogens is 5. The van der Waals surface area contributed by atoms with Gasteiger partial charge in [0.1, 0.15) is 16.0 Å². The normalized spacial score (nSPS) is 14.4.